The predicted molar refractivity (Wildman–Crippen MR) is 141 cm³/mol. The standard InChI is InChI=1S/C24H21BrN8O2/c1-15-6-7-20(12-16(15)2)28-23-29-22(27-19-8-10-21(11-9-19)33(34)35)30-24(31-23)32-26-14-17-4-3-5-18(25)13-17/h3-14H,1-2H3,(H3,27,28,29,30,31,32). The van der Waals surface area contributed by atoms with Crippen molar-refractivity contribution in [2.24, 2.45) is 5.10 Å². The summed E-state index contributed by atoms with van der Waals surface area (Å²) in [4.78, 5) is 23.7. The number of nitro benzene ring substituents is 1. The fourth-order valence-corrected chi connectivity index (χ4v) is 3.45. The number of hydrazone groups is 1. The van der Waals surface area contributed by atoms with Gasteiger partial charge in [0, 0.05) is 28.0 Å². The fourth-order valence-electron chi connectivity index (χ4n) is 3.03. The van der Waals surface area contributed by atoms with Crippen molar-refractivity contribution in [3.63, 3.8) is 0 Å². The van der Waals surface area contributed by atoms with E-state index in [9.17, 15) is 10.1 Å². The average Bonchev–Trinajstić information content (AvgIpc) is 2.82. The third-order valence-corrected chi connectivity index (χ3v) is 5.45. The largest absolute Gasteiger partial charge is 0.324 e. The topological polar surface area (TPSA) is 130 Å². The molecular formula is C24H21BrN8O2. The molecule has 0 radical (unpaired) electrons. The molecule has 35 heavy (non-hydrogen) atoms. The molecule has 176 valence electrons. The van der Waals surface area contributed by atoms with Gasteiger partial charge in [-0.3, -0.25) is 10.1 Å². The molecule has 0 atom stereocenters. The summed E-state index contributed by atoms with van der Waals surface area (Å²) < 4.78 is 0.941. The van der Waals surface area contributed by atoms with Crippen LogP contribution < -0.4 is 16.1 Å². The van der Waals surface area contributed by atoms with E-state index in [1.165, 1.54) is 17.7 Å². The van der Waals surface area contributed by atoms with Gasteiger partial charge in [0.05, 0.1) is 11.1 Å². The number of nitrogens with one attached hydrogen (secondary N) is 3. The maximum absolute atomic E-state index is 10.9. The zero-order valence-corrected chi connectivity index (χ0v) is 20.4. The minimum atomic E-state index is -0.455. The first-order valence-corrected chi connectivity index (χ1v) is 11.3. The van der Waals surface area contributed by atoms with Crippen LogP contribution in [0.15, 0.2) is 76.3 Å². The Labute approximate surface area is 209 Å². The van der Waals surface area contributed by atoms with Gasteiger partial charge in [0.15, 0.2) is 0 Å². The van der Waals surface area contributed by atoms with Crippen molar-refractivity contribution in [3.8, 4) is 0 Å². The van der Waals surface area contributed by atoms with Crippen LogP contribution in [0.2, 0.25) is 0 Å². The van der Waals surface area contributed by atoms with Crippen molar-refractivity contribution in [3.05, 3.63) is 98.0 Å². The number of aromatic nitrogens is 3. The van der Waals surface area contributed by atoms with Gasteiger partial charge in [-0.1, -0.05) is 34.1 Å². The van der Waals surface area contributed by atoms with Crippen molar-refractivity contribution in [2.45, 2.75) is 13.8 Å². The number of nitro groups is 1. The highest BCUT2D eigenvalue weighted by Crippen LogP contribution is 2.22. The first-order valence-electron chi connectivity index (χ1n) is 10.5. The van der Waals surface area contributed by atoms with E-state index in [-0.39, 0.29) is 17.6 Å². The lowest BCUT2D eigenvalue weighted by Crippen LogP contribution is -2.07. The number of benzene rings is 3. The zero-order chi connectivity index (χ0) is 24.8. The Morgan fingerprint density at radius 3 is 2.17 bits per heavy atom. The summed E-state index contributed by atoms with van der Waals surface area (Å²) in [5.74, 6) is 0.746. The Morgan fingerprint density at radius 1 is 0.857 bits per heavy atom. The molecule has 0 bridgehead atoms. The second-order valence-corrected chi connectivity index (χ2v) is 8.50. The van der Waals surface area contributed by atoms with Crippen molar-refractivity contribution in [2.75, 3.05) is 16.1 Å². The van der Waals surface area contributed by atoms with E-state index >= 15 is 0 Å². The van der Waals surface area contributed by atoms with E-state index in [1.807, 2.05) is 56.3 Å². The average molecular weight is 533 g/mol. The molecule has 1 aromatic heterocycles. The molecule has 3 N–H and O–H groups in total. The van der Waals surface area contributed by atoms with Gasteiger partial charge in [-0.05, 0) is 66.9 Å². The van der Waals surface area contributed by atoms with Crippen LogP contribution in [0.4, 0.5) is 34.9 Å². The normalized spacial score (nSPS) is 10.8. The SMILES string of the molecule is Cc1ccc(Nc2nc(NN=Cc3cccc(Br)c3)nc(Nc3ccc([N+](=O)[O-])cc3)n2)cc1C. The van der Waals surface area contributed by atoms with E-state index in [4.69, 9.17) is 0 Å². The Morgan fingerprint density at radius 2 is 1.51 bits per heavy atom. The first-order chi connectivity index (χ1) is 16.9. The van der Waals surface area contributed by atoms with Crippen LogP contribution in [0.3, 0.4) is 0 Å². The van der Waals surface area contributed by atoms with Crippen molar-refractivity contribution in [1.82, 2.24) is 15.0 Å². The van der Waals surface area contributed by atoms with Crippen molar-refractivity contribution < 1.29 is 4.92 Å². The number of hydrogen-bond donors (Lipinski definition) is 3. The van der Waals surface area contributed by atoms with Crippen LogP contribution in [-0.4, -0.2) is 26.1 Å². The Bertz CT molecular complexity index is 1390. The van der Waals surface area contributed by atoms with E-state index < -0.39 is 4.92 Å². The van der Waals surface area contributed by atoms with Crippen LogP contribution in [-0.2, 0) is 0 Å². The van der Waals surface area contributed by atoms with Gasteiger partial charge in [0.1, 0.15) is 0 Å². The van der Waals surface area contributed by atoms with Crippen LogP contribution >= 0.6 is 15.9 Å². The highest BCUT2D eigenvalue weighted by molar-refractivity contribution is 9.10. The number of rotatable bonds is 8. The van der Waals surface area contributed by atoms with Gasteiger partial charge in [-0.15, -0.1) is 0 Å². The number of non-ortho nitro benzene ring substituents is 1. The molecule has 0 saturated heterocycles. The fraction of sp³-hybridized carbons (Fsp3) is 0.0833. The third-order valence-electron chi connectivity index (χ3n) is 4.96. The third kappa shape index (κ3) is 6.58. The molecule has 11 heteroatoms. The second kappa shape index (κ2) is 10.7. The summed E-state index contributed by atoms with van der Waals surface area (Å²) >= 11 is 3.43. The monoisotopic (exact) mass is 532 g/mol. The van der Waals surface area contributed by atoms with Crippen molar-refractivity contribution in [1.29, 1.82) is 0 Å². The molecule has 4 rings (SSSR count). The molecule has 0 fully saturated rings. The lowest BCUT2D eigenvalue weighted by atomic mass is 10.1. The predicted octanol–water partition coefficient (Wildman–Crippen LogP) is 6.09. The Hall–Kier alpha value is -4.38. The summed E-state index contributed by atoms with van der Waals surface area (Å²) in [5.41, 5.74) is 7.43. The summed E-state index contributed by atoms with van der Waals surface area (Å²) in [7, 11) is 0. The summed E-state index contributed by atoms with van der Waals surface area (Å²) in [6, 6.07) is 19.6. The number of nitrogens with zero attached hydrogens (tertiary/aromatic N) is 5. The number of aryl methyl sites for hydroxylation is 2. The molecule has 4 aromatic rings. The highest BCUT2D eigenvalue weighted by atomic mass is 79.9. The number of hydrogen-bond acceptors (Lipinski definition) is 9. The van der Waals surface area contributed by atoms with E-state index in [1.54, 1.807) is 18.3 Å². The zero-order valence-electron chi connectivity index (χ0n) is 18.9. The molecule has 1 heterocycles. The summed E-state index contributed by atoms with van der Waals surface area (Å²) in [5, 5.41) is 21.4. The molecule has 0 unspecified atom stereocenters. The lowest BCUT2D eigenvalue weighted by molar-refractivity contribution is -0.384. The highest BCUT2D eigenvalue weighted by Gasteiger charge is 2.10. The van der Waals surface area contributed by atoms with E-state index in [0.29, 0.717) is 11.6 Å². The minimum absolute atomic E-state index is 0.00691. The Kier molecular flexibility index (Phi) is 7.27. The smallest absolute Gasteiger partial charge is 0.269 e. The maximum Gasteiger partial charge on any atom is 0.269 e. The van der Waals surface area contributed by atoms with E-state index in [2.05, 4.69) is 52.0 Å². The van der Waals surface area contributed by atoms with Crippen LogP contribution in [0.1, 0.15) is 16.7 Å². The first kappa shape index (κ1) is 23.8. The molecule has 0 aliphatic heterocycles. The molecule has 0 aliphatic carbocycles. The van der Waals surface area contributed by atoms with Gasteiger partial charge < -0.3 is 10.6 Å². The molecule has 0 amide bonds. The van der Waals surface area contributed by atoms with Gasteiger partial charge in [-0.2, -0.15) is 20.1 Å². The maximum atomic E-state index is 10.9. The van der Waals surface area contributed by atoms with Crippen molar-refractivity contribution >= 4 is 57.1 Å². The quantitative estimate of drug-likeness (QED) is 0.141. The van der Waals surface area contributed by atoms with Gasteiger partial charge >= 0.3 is 0 Å². The molecule has 3 aromatic carbocycles. The van der Waals surface area contributed by atoms with Gasteiger partial charge in [0.25, 0.3) is 5.69 Å². The van der Waals surface area contributed by atoms with Crippen LogP contribution in [0, 0.1) is 24.0 Å². The second-order valence-electron chi connectivity index (χ2n) is 7.58. The number of halogens is 1. The molecule has 10 nitrogen and oxygen atoms in total. The lowest BCUT2D eigenvalue weighted by Gasteiger charge is -2.11. The summed E-state index contributed by atoms with van der Waals surface area (Å²) in [6.45, 7) is 4.07. The van der Waals surface area contributed by atoms with Gasteiger partial charge in [0.2, 0.25) is 17.8 Å². The molecular weight excluding hydrogens is 512 g/mol. The molecule has 0 spiro atoms. The molecule has 0 saturated carbocycles. The van der Waals surface area contributed by atoms with Crippen LogP contribution in [0.25, 0.3) is 0 Å². The van der Waals surface area contributed by atoms with Gasteiger partial charge in [-0.25, -0.2) is 5.43 Å². The number of anilines is 5. The summed E-state index contributed by atoms with van der Waals surface area (Å²) in [6.07, 6.45) is 1.65. The van der Waals surface area contributed by atoms with E-state index in [0.717, 1.165) is 21.3 Å². The molecule has 0 aliphatic rings. The minimum Gasteiger partial charge on any atom is -0.324 e. The van der Waals surface area contributed by atoms with Crippen LogP contribution in [0.5, 0.6) is 0 Å². The Balaban J connectivity index is 1.60.